The fourth-order valence-electron chi connectivity index (χ4n) is 2.16. The number of aryl methyl sites for hydroxylation is 2. The van der Waals surface area contributed by atoms with Gasteiger partial charge in [0.25, 0.3) is 0 Å². The van der Waals surface area contributed by atoms with Gasteiger partial charge in [-0.2, -0.15) is 5.10 Å². The zero-order valence-electron chi connectivity index (χ0n) is 9.07. The fraction of sp³-hybridized carbons (Fsp3) is 0.333. The minimum absolute atomic E-state index is 1.02. The summed E-state index contributed by atoms with van der Waals surface area (Å²) >= 11 is 3.65. The molecule has 0 aromatic carbocycles. The summed E-state index contributed by atoms with van der Waals surface area (Å²) in [5.41, 5.74) is 4.59. The molecule has 0 fully saturated rings. The molecule has 0 saturated carbocycles. The van der Waals surface area contributed by atoms with Crippen LogP contribution in [0.5, 0.6) is 0 Å². The number of hydrogen-bond acceptors (Lipinski definition) is 2. The Morgan fingerprint density at radius 2 is 2.25 bits per heavy atom. The van der Waals surface area contributed by atoms with E-state index in [9.17, 15) is 0 Å². The van der Waals surface area contributed by atoms with Gasteiger partial charge in [0, 0.05) is 24.5 Å². The molecule has 2 aromatic heterocycles. The van der Waals surface area contributed by atoms with Gasteiger partial charge in [0.15, 0.2) is 0 Å². The van der Waals surface area contributed by atoms with E-state index in [1.807, 2.05) is 19.3 Å². The van der Waals surface area contributed by atoms with Crippen LogP contribution >= 0.6 is 15.9 Å². The van der Waals surface area contributed by atoms with Gasteiger partial charge in [-0.05, 0) is 47.3 Å². The molecule has 0 amide bonds. The highest BCUT2D eigenvalue weighted by molar-refractivity contribution is 9.10. The van der Waals surface area contributed by atoms with Gasteiger partial charge in [-0.3, -0.25) is 9.67 Å². The monoisotopic (exact) mass is 277 g/mol. The van der Waals surface area contributed by atoms with Crippen LogP contribution in [-0.2, 0) is 13.0 Å². The second kappa shape index (κ2) is 3.70. The molecule has 0 atom stereocenters. The van der Waals surface area contributed by atoms with Crippen LogP contribution in [0.1, 0.15) is 17.7 Å². The van der Waals surface area contributed by atoms with E-state index in [1.165, 1.54) is 12.1 Å². The zero-order valence-corrected chi connectivity index (χ0v) is 10.7. The van der Waals surface area contributed by atoms with Gasteiger partial charge in [-0.25, -0.2) is 0 Å². The standard InChI is InChI=1S/C12H12BrN3/c1-8-5-9(7-14-6-8)12-11(13)10-3-2-4-16(10)15-12/h5-7H,2-4H2,1H3. The van der Waals surface area contributed by atoms with Crippen LogP contribution in [0, 0.1) is 6.92 Å². The van der Waals surface area contributed by atoms with Gasteiger partial charge < -0.3 is 0 Å². The number of halogens is 1. The van der Waals surface area contributed by atoms with Crippen molar-refractivity contribution in [2.24, 2.45) is 0 Å². The Labute approximate surface area is 103 Å². The molecule has 3 rings (SSSR count). The van der Waals surface area contributed by atoms with Crippen LogP contribution < -0.4 is 0 Å². The van der Waals surface area contributed by atoms with Crippen LogP contribution in [0.15, 0.2) is 22.9 Å². The predicted octanol–water partition coefficient (Wildman–Crippen LogP) is 2.96. The van der Waals surface area contributed by atoms with Gasteiger partial charge in [-0.1, -0.05) is 0 Å². The molecule has 0 unspecified atom stereocenters. The third-order valence-corrected chi connectivity index (χ3v) is 3.76. The van der Waals surface area contributed by atoms with Crippen LogP contribution in [0.2, 0.25) is 0 Å². The summed E-state index contributed by atoms with van der Waals surface area (Å²) in [6, 6.07) is 2.12. The lowest BCUT2D eigenvalue weighted by molar-refractivity contribution is 0.659. The second-order valence-electron chi connectivity index (χ2n) is 4.19. The van der Waals surface area contributed by atoms with E-state index < -0.39 is 0 Å². The highest BCUT2D eigenvalue weighted by atomic mass is 79.9. The molecule has 1 aliphatic heterocycles. The zero-order chi connectivity index (χ0) is 11.1. The molecule has 1 aliphatic rings. The number of rotatable bonds is 1. The quantitative estimate of drug-likeness (QED) is 0.803. The SMILES string of the molecule is Cc1cncc(-c2nn3c(c2Br)CCC3)c1. The fourth-order valence-corrected chi connectivity index (χ4v) is 2.88. The maximum absolute atomic E-state index is 4.63. The first kappa shape index (κ1) is 10.0. The van der Waals surface area contributed by atoms with Crippen molar-refractivity contribution in [3.63, 3.8) is 0 Å². The van der Waals surface area contributed by atoms with Crippen LogP contribution in [-0.4, -0.2) is 14.8 Å². The molecule has 3 nitrogen and oxygen atoms in total. The molecule has 4 heteroatoms. The maximum Gasteiger partial charge on any atom is 0.108 e. The lowest BCUT2D eigenvalue weighted by atomic mass is 10.1. The van der Waals surface area contributed by atoms with Crippen molar-refractivity contribution in [1.82, 2.24) is 14.8 Å². The number of pyridine rings is 1. The van der Waals surface area contributed by atoms with E-state index in [2.05, 4.69) is 36.8 Å². The molecule has 82 valence electrons. The van der Waals surface area contributed by atoms with Crippen molar-refractivity contribution in [2.45, 2.75) is 26.3 Å². The average Bonchev–Trinajstić information content (AvgIpc) is 2.82. The lowest BCUT2D eigenvalue weighted by Gasteiger charge is -1.99. The highest BCUT2D eigenvalue weighted by Crippen LogP contribution is 2.33. The Kier molecular flexibility index (Phi) is 2.32. The van der Waals surface area contributed by atoms with Crippen molar-refractivity contribution in [3.05, 3.63) is 34.2 Å². The molecule has 16 heavy (non-hydrogen) atoms. The summed E-state index contributed by atoms with van der Waals surface area (Å²) in [6.07, 6.45) is 6.05. The summed E-state index contributed by atoms with van der Waals surface area (Å²) in [7, 11) is 0. The molecule has 2 aromatic rings. The summed E-state index contributed by atoms with van der Waals surface area (Å²) < 4.78 is 3.24. The van der Waals surface area contributed by atoms with Crippen molar-refractivity contribution in [3.8, 4) is 11.3 Å². The number of nitrogens with zero attached hydrogens (tertiary/aromatic N) is 3. The Morgan fingerprint density at radius 1 is 1.38 bits per heavy atom. The normalized spacial score (nSPS) is 14.1. The third-order valence-electron chi connectivity index (χ3n) is 2.93. The summed E-state index contributed by atoms with van der Waals surface area (Å²) in [5, 5.41) is 4.63. The largest absolute Gasteiger partial charge is 0.268 e. The van der Waals surface area contributed by atoms with Gasteiger partial charge in [0.1, 0.15) is 5.69 Å². The second-order valence-corrected chi connectivity index (χ2v) is 4.98. The predicted molar refractivity (Wildman–Crippen MR) is 66.2 cm³/mol. The first-order valence-electron chi connectivity index (χ1n) is 5.43. The number of hydrogen-bond donors (Lipinski definition) is 0. The summed E-state index contributed by atoms with van der Waals surface area (Å²) in [5.74, 6) is 0. The van der Waals surface area contributed by atoms with Crippen LogP contribution in [0.3, 0.4) is 0 Å². The Morgan fingerprint density at radius 3 is 3.00 bits per heavy atom. The molecule has 0 spiro atoms. The molecule has 0 bridgehead atoms. The van der Waals surface area contributed by atoms with Crippen molar-refractivity contribution < 1.29 is 0 Å². The molecule has 3 heterocycles. The third kappa shape index (κ3) is 1.48. The molecule has 0 radical (unpaired) electrons. The number of fused-ring (bicyclic) bond motifs is 1. The first-order valence-corrected chi connectivity index (χ1v) is 6.22. The minimum atomic E-state index is 1.02. The smallest absolute Gasteiger partial charge is 0.108 e. The van der Waals surface area contributed by atoms with Gasteiger partial charge >= 0.3 is 0 Å². The Bertz CT molecular complexity index is 545. The van der Waals surface area contributed by atoms with E-state index >= 15 is 0 Å². The van der Waals surface area contributed by atoms with Crippen molar-refractivity contribution >= 4 is 15.9 Å². The first-order chi connectivity index (χ1) is 7.75. The molecule has 0 aliphatic carbocycles. The van der Waals surface area contributed by atoms with Crippen LogP contribution in [0.25, 0.3) is 11.3 Å². The van der Waals surface area contributed by atoms with Gasteiger partial charge in [0.05, 0.1) is 10.2 Å². The van der Waals surface area contributed by atoms with Gasteiger partial charge in [-0.15, -0.1) is 0 Å². The van der Waals surface area contributed by atoms with Crippen molar-refractivity contribution in [2.75, 3.05) is 0 Å². The van der Waals surface area contributed by atoms with E-state index in [4.69, 9.17) is 0 Å². The van der Waals surface area contributed by atoms with Crippen LogP contribution in [0.4, 0.5) is 0 Å². The van der Waals surface area contributed by atoms with Gasteiger partial charge in [0.2, 0.25) is 0 Å². The number of aromatic nitrogens is 3. The molecule has 0 N–H and O–H groups in total. The van der Waals surface area contributed by atoms with E-state index in [-0.39, 0.29) is 0 Å². The van der Waals surface area contributed by atoms with E-state index in [0.29, 0.717) is 0 Å². The van der Waals surface area contributed by atoms with E-state index in [0.717, 1.165) is 34.3 Å². The topological polar surface area (TPSA) is 30.7 Å². The average molecular weight is 278 g/mol. The maximum atomic E-state index is 4.63. The summed E-state index contributed by atoms with van der Waals surface area (Å²) in [6.45, 7) is 3.08. The highest BCUT2D eigenvalue weighted by Gasteiger charge is 2.20. The van der Waals surface area contributed by atoms with E-state index in [1.54, 1.807) is 0 Å². The van der Waals surface area contributed by atoms with Crippen molar-refractivity contribution in [1.29, 1.82) is 0 Å². The minimum Gasteiger partial charge on any atom is -0.268 e. The molecular formula is C12H12BrN3. The molecular weight excluding hydrogens is 266 g/mol. The Hall–Kier alpha value is -1.16. The Balaban J connectivity index is 2.14. The molecule has 0 saturated heterocycles. The summed E-state index contributed by atoms with van der Waals surface area (Å²) in [4.78, 5) is 4.21. The lowest BCUT2D eigenvalue weighted by Crippen LogP contribution is -1.94.